The van der Waals surface area contributed by atoms with Crippen molar-refractivity contribution in [2.75, 3.05) is 39.5 Å². The van der Waals surface area contributed by atoms with Gasteiger partial charge in [0.2, 0.25) is 0 Å². The Kier molecular flexibility index (Phi) is 6.17. The van der Waals surface area contributed by atoms with Gasteiger partial charge >= 0.3 is 0 Å². The zero-order valence-corrected chi connectivity index (χ0v) is 18.9. The minimum absolute atomic E-state index is 0.309. The molecule has 0 saturated carbocycles. The lowest BCUT2D eigenvalue weighted by Gasteiger charge is -2.44. The van der Waals surface area contributed by atoms with Gasteiger partial charge in [-0.1, -0.05) is 18.2 Å². The Labute approximate surface area is 189 Å². The third-order valence-electron chi connectivity index (χ3n) is 7.23. The first-order valence-corrected chi connectivity index (χ1v) is 11.7. The van der Waals surface area contributed by atoms with Crippen LogP contribution in [0.3, 0.4) is 0 Å². The number of β-amino-alcohol motifs (C(OH)–C–C–N with tert-alkyl or cyclic N) is 1. The number of aromatic nitrogens is 2. The highest BCUT2D eigenvalue weighted by molar-refractivity contribution is 5.88. The van der Waals surface area contributed by atoms with Gasteiger partial charge in [-0.25, -0.2) is 0 Å². The summed E-state index contributed by atoms with van der Waals surface area (Å²) in [5.41, 5.74) is 2.71. The number of nitrogens with zero attached hydrogens (tertiary/aromatic N) is 3. The first kappa shape index (κ1) is 21.4. The summed E-state index contributed by atoms with van der Waals surface area (Å²) in [5, 5.41) is 17.1. The summed E-state index contributed by atoms with van der Waals surface area (Å²) in [6, 6.07) is 12.5. The number of rotatable bonds is 6. The molecule has 1 spiro atoms. The molecule has 0 amide bonds. The zero-order valence-electron chi connectivity index (χ0n) is 18.9. The SMILES string of the molecule is Cn1cc(-c2ccc3ccc(OCC(O)CN4CCC5(CCOCC5)CC4)cc3c2)cn1. The molecule has 0 bridgehead atoms. The molecular weight excluding hydrogens is 402 g/mol. The molecule has 1 N–H and O–H groups in total. The fraction of sp³-hybridized carbons (Fsp3) is 0.500. The van der Waals surface area contributed by atoms with Crippen molar-refractivity contribution in [3.8, 4) is 16.9 Å². The fourth-order valence-electron chi connectivity index (χ4n) is 5.12. The zero-order chi connectivity index (χ0) is 22.0. The van der Waals surface area contributed by atoms with Crippen molar-refractivity contribution < 1.29 is 14.6 Å². The van der Waals surface area contributed by atoms with E-state index in [9.17, 15) is 5.11 Å². The normalized spacial score (nSPS) is 19.9. The minimum Gasteiger partial charge on any atom is -0.491 e. The highest BCUT2D eigenvalue weighted by atomic mass is 16.5. The van der Waals surface area contributed by atoms with E-state index in [1.807, 2.05) is 30.2 Å². The molecule has 2 aromatic carbocycles. The molecule has 3 aromatic rings. The smallest absolute Gasteiger partial charge is 0.120 e. The van der Waals surface area contributed by atoms with Gasteiger partial charge in [0.05, 0.1) is 6.20 Å². The van der Waals surface area contributed by atoms with Crippen LogP contribution in [-0.4, -0.2) is 65.3 Å². The van der Waals surface area contributed by atoms with Crippen LogP contribution in [0.4, 0.5) is 0 Å². The molecule has 0 radical (unpaired) electrons. The highest BCUT2D eigenvalue weighted by Crippen LogP contribution is 2.40. The van der Waals surface area contributed by atoms with Crippen molar-refractivity contribution in [1.29, 1.82) is 0 Å². The number of ether oxygens (including phenoxy) is 2. The van der Waals surface area contributed by atoms with Crippen LogP contribution >= 0.6 is 0 Å². The van der Waals surface area contributed by atoms with Gasteiger partial charge in [0.1, 0.15) is 18.5 Å². The average Bonchev–Trinajstić information content (AvgIpc) is 3.26. The summed E-state index contributed by atoms with van der Waals surface area (Å²) in [4.78, 5) is 2.38. The lowest BCUT2D eigenvalue weighted by molar-refractivity contribution is -0.0293. The Morgan fingerprint density at radius 1 is 1.03 bits per heavy atom. The molecule has 32 heavy (non-hydrogen) atoms. The van der Waals surface area contributed by atoms with Crippen LogP contribution in [-0.2, 0) is 11.8 Å². The van der Waals surface area contributed by atoms with Crippen molar-refractivity contribution in [3.05, 3.63) is 48.8 Å². The monoisotopic (exact) mass is 435 g/mol. The van der Waals surface area contributed by atoms with Gasteiger partial charge in [0, 0.05) is 38.6 Å². The average molecular weight is 436 g/mol. The molecule has 6 heteroatoms. The second-order valence-corrected chi connectivity index (χ2v) is 9.50. The van der Waals surface area contributed by atoms with Crippen molar-refractivity contribution in [1.82, 2.24) is 14.7 Å². The summed E-state index contributed by atoms with van der Waals surface area (Å²) in [5.74, 6) is 0.791. The van der Waals surface area contributed by atoms with Crippen LogP contribution in [0.15, 0.2) is 48.8 Å². The number of hydrogen-bond acceptors (Lipinski definition) is 5. The van der Waals surface area contributed by atoms with E-state index < -0.39 is 6.10 Å². The first-order chi connectivity index (χ1) is 15.6. The largest absolute Gasteiger partial charge is 0.491 e. The van der Waals surface area contributed by atoms with Gasteiger partial charge in [-0.3, -0.25) is 4.68 Å². The summed E-state index contributed by atoms with van der Waals surface area (Å²) in [6.45, 7) is 4.92. The molecule has 1 aromatic heterocycles. The van der Waals surface area contributed by atoms with E-state index in [4.69, 9.17) is 9.47 Å². The second-order valence-electron chi connectivity index (χ2n) is 9.50. The molecule has 1 unspecified atom stereocenters. The molecule has 6 nitrogen and oxygen atoms in total. The summed E-state index contributed by atoms with van der Waals surface area (Å²) in [6.07, 6.45) is 8.22. The minimum atomic E-state index is -0.490. The van der Waals surface area contributed by atoms with Crippen LogP contribution in [0, 0.1) is 5.41 Å². The summed E-state index contributed by atoms with van der Waals surface area (Å²) in [7, 11) is 1.93. The van der Waals surface area contributed by atoms with Crippen molar-refractivity contribution in [2.45, 2.75) is 31.8 Å². The number of aryl methyl sites for hydroxylation is 1. The Hall–Kier alpha value is -2.41. The second kappa shape index (κ2) is 9.22. The van der Waals surface area contributed by atoms with Gasteiger partial charge in [0.25, 0.3) is 0 Å². The van der Waals surface area contributed by atoms with E-state index in [0.717, 1.165) is 48.6 Å². The van der Waals surface area contributed by atoms with Gasteiger partial charge in [-0.15, -0.1) is 0 Å². The molecule has 2 fully saturated rings. The van der Waals surface area contributed by atoms with E-state index in [0.29, 0.717) is 18.6 Å². The number of aliphatic hydroxyl groups is 1. The molecule has 1 atom stereocenters. The maximum atomic E-state index is 10.6. The highest BCUT2D eigenvalue weighted by Gasteiger charge is 2.36. The van der Waals surface area contributed by atoms with E-state index in [2.05, 4.69) is 40.3 Å². The number of benzene rings is 2. The molecule has 2 aliphatic heterocycles. The van der Waals surface area contributed by atoms with Crippen molar-refractivity contribution >= 4 is 10.8 Å². The first-order valence-electron chi connectivity index (χ1n) is 11.7. The Morgan fingerprint density at radius 2 is 1.81 bits per heavy atom. The number of fused-ring (bicyclic) bond motifs is 1. The molecule has 2 saturated heterocycles. The quantitative estimate of drug-likeness (QED) is 0.637. The van der Waals surface area contributed by atoms with Crippen LogP contribution in [0.1, 0.15) is 25.7 Å². The molecule has 170 valence electrons. The topological polar surface area (TPSA) is 59.8 Å². The number of hydrogen-bond donors (Lipinski definition) is 1. The van der Waals surface area contributed by atoms with Crippen molar-refractivity contribution in [3.63, 3.8) is 0 Å². The molecule has 3 heterocycles. The predicted molar refractivity (Wildman–Crippen MR) is 126 cm³/mol. The van der Waals surface area contributed by atoms with Crippen LogP contribution < -0.4 is 4.74 Å². The predicted octanol–water partition coefficient (Wildman–Crippen LogP) is 3.87. The lowest BCUT2D eigenvalue weighted by atomic mass is 9.72. The van der Waals surface area contributed by atoms with Crippen LogP contribution in [0.2, 0.25) is 0 Å². The van der Waals surface area contributed by atoms with Crippen LogP contribution in [0.5, 0.6) is 5.75 Å². The number of piperidine rings is 1. The van der Waals surface area contributed by atoms with E-state index in [-0.39, 0.29) is 0 Å². The standard InChI is InChI=1S/C26H33N3O3/c1-28-17-23(16-27-28)21-3-2-20-4-5-25(15-22(20)14-21)32-19-24(30)18-29-10-6-26(7-11-29)8-12-31-13-9-26/h2-5,14-17,24,30H,6-13,18-19H2,1H3. The third-order valence-corrected chi connectivity index (χ3v) is 7.23. The fourth-order valence-corrected chi connectivity index (χ4v) is 5.12. The lowest BCUT2D eigenvalue weighted by Crippen LogP contribution is -2.46. The Balaban J connectivity index is 1.16. The number of aliphatic hydroxyl groups excluding tert-OH is 1. The van der Waals surface area contributed by atoms with Crippen LogP contribution in [0.25, 0.3) is 21.9 Å². The van der Waals surface area contributed by atoms with E-state index in [1.54, 1.807) is 0 Å². The van der Waals surface area contributed by atoms with Crippen molar-refractivity contribution in [2.24, 2.45) is 12.5 Å². The van der Waals surface area contributed by atoms with Gasteiger partial charge in [-0.2, -0.15) is 5.10 Å². The number of likely N-dealkylation sites (tertiary alicyclic amines) is 1. The third kappa shape index (κ3) is 4.82. The maximum Gasteiger partial charge on any atom is 0.120 e. The molecule has 0 aliphatic carbocycles. The van der Waals surface area contributed by atoms with E-state index in [1.165, 1.54) is 31.1 Å². The summed E-state index contributed by atoms with van der Waals surface area (Å²) >= 11 is 0. The van der Waals surface area contributed by atoms with Gasteiger partial charge in [-0.05, 0) is 78.7 Å². The van der Waals surface area contributed by atoms with Gasteiger partial charge < -0.3 is 19.5 Å². The van der Waals surface area contributed by atoms with E-state index >= 15 is 0 Å². The molecular formula is C26H33N3O3. The summed E-state index contributed by atoms with van der Waals surface area (Å²) < 4.78 is 13.3. The Bertz CT molecular complexity index is 1050. The Morgan fingerprint density at radius 3 is 2.56 bits per heavy atom. The van der Waals surface area contributed by atoms with Gasteiger partial charge in [0.15, 0.2) is 0 Å². The molecule has 2 aliphatic rings. The molecule has 5 rings (SSSR count). The maximum absolute atomic E-state index is 10.6.